The molecule has 1 saturated heterocycles. The van der Waals surface area contributed by atoms with E-state index in [9.17, 15) is 4.79 Å². The average Bonchev–Trinajstić information content (AvgIpc) is 3.16. The summed E-state index contributed by atoms with van der Waals surface area (Å²) in [5.74, 6) is 1.34. The van der Waals surface area contributed by atoms with Gasteiger partial charge in [0.2, 0.25) is 11.1 Å². The van der Waals surface area contributed by atoms with E-state index in [1.807, 2.05) is 6.07 Å². The molecule has 1 saturated carbocycles. The molecule has 1 aliphatic heterocycles. The van der Waals surface area contributed by atoms with Crippen LogP contribution in [0.15, 0.2) is 23.4 Å². The number of hydrogen-bond donors (Lipinski definition) is 0. The Morgan fingerprint density at radius 1 is 1.15 bits per heavy atom. The third-order valence-corrected chi connectivity index (χ3v) is 6.97. The molecular formula is C20H27N5OS. The van der Waals surface area contributed by atoms with Gasteiger partial charge >= 0.3 is 0 Å². The minimum atomic E-state index is 0.228. The van der Waals surface area contributed by atoms with Gasteiger partial charge in [-0.15, -0.1) is 5.10 Å². The number of carbonyl (C=O) groups is 1. The average molecular weight is 386 g/mol. The van der Waals surface area contributed by atoms with Crippen molar-refractivity contribution in [2.75, 3.05) is 12.3 Å². The molecule has 2 atom stereocenters. The van der Waals surface area contributed by atoms with Gasteiger partial charge in [0.15, 0.2) is 0 Å². The molecule has 0 bridgehead atoms. The zero-order chi connectivity index (χ0) is 18.8. The summed E-state index contributed by atoms with van der Waals surface area (Å²) in [6, 6.07) is 6.62. The number of piperidine rings is 1. The van der Waals surface area contributed by atoms with E-state index in [1.54, 1.807) is 4.68 Å². The molecule has 2 aromatic rings. The summed E-state index contributed by atoms with van der Waals surface area (Å²) in [4.78, 5) is 15.1. The minimum Gasteiger partial charge on any atom is -0.339 e. The van der Waals surface area contributed by atoms with Crippen LogP contribution in [0.5, 0.6) is 0 Å². The number of rotatable bonds is 4. The van der Waals surface area contributed by atoms with E-state index in [1.165, 1.54) is 55.0 Å². The second-order valence-electron chi connectivity index (χ2n) is 7.77. The summed E-state index contributed by atoms with van der Waals surface area (Å²) < 4.78 is 1.73. The lowest BCUT2D eigenvalue weighted by Gasteiger charge is -2.44. The predicted molar refractivity (Wildman–Crippen MR) is 106 cm³/mol. The standard InChI is InChI=1S/C20H27N5OS/c1-14-9-10-17(12-15(14)2)25-20(21-22-23-25)27-13-19(26)24-11-5-7-16-6-3-4-8-18(16)24/h9-10,12,16,18H,3-8,11,13H2,1-2H3/t16-,18-/m1/s1. The van der Waals surface area contributed by atoms with Crippen molar-refractivity contribution in [3.05, 3.63) is 29.3 Å². The van der Waals surface area contributed by atoms with E-state index < -0.39 is 0 Å². The van der Waals surface area contributed by atoms with Crippen molar-refractivity contribution in [3.63, 3.8) is 0 Å². The van der Waals surface area contributed by atoms with Crippen molar-refractivity contribution in [3.8, 4) is 5.69 Å². The van der Waals surface area contributed by atoms with Crippen molar-refractivity contribution in [2.45, 2.75) is 63.6 Å². The number of thioether (sulfide) groups is 1. The molecule has 2 fully saturated rings. The van der Waals surface area contributed by atoms with Crippen LogP contribution in [0, 0.1) is 19.8 Å². The molecule has 27 heavy (non-hydrogen) atoms. The molecule has 1 aromatic carbocycles. The molecule has 6 nitrogen and oxygen atoms in total. The van der Waals surface area contributed by atoms with E-state index in [-0.39, 0.29) is 5.91 Å². The van der Waals surface area contributed by atoms with Crippen LogP contribution in [0.4, 0.5) is 0 Å². The van der Waals surface area contributed by atoms with Crippen molar-refractivity contribution in [1.82, 2.24) is 25.1 Å². The number of benzene rings is 1. The Labute approximate surface area is 164 Å². The normalized spacial score (nSPS) is 22.5. The molecule has 7 heteroatoms. The summed E-state index contributed by atoms with van der Waals surface area (Å²) in [5, 5.41) is 12.8. The second kappa shape index (κ2) is 8.00. The Morgan fingerprint density at radius 3 is 2.81 bits per heavy atom. The lowest BCUT2D eigenvalue weighted by Crippen LogP contribution is -2.50. The van der Waals surface area contributed by atoms with Crippen LogP contribution in [0.1, 0.15) is 49.7 Å². The molecule has 2 heterocycles. The highest BCUT2D eigenvalue weighted by Gasteiger charge is 2.35. The van der Waals surface area contributed by atoms with Gasteiger partial charge in [-0.25, -0.2) is 0 Å². The van der Waals surface area contributed by atoms with Gasteiger partial charge in [-0.05, 0) is 79.1 Å². The van der Waals surface area contributed by atoms with Gasteiger partial charge in [-0.3, -0.25) is 4.79 Å². The van der Waals surface area contributed by atoms with Gasteiger partial charge in [-0.2, -0.15) is 4.68 Å². The van der Waals surface area contributed by atoms with E-state index in [4.69, 9.17) is 0 Å². The topological polar surface area (TPSA) is 63.9 Å². The van der Waals surface area contributed by atoms with Gasteiger partial charge in [0.05, 0.1) is 11.4 Å². The lowest BCUT2D eigenvalue weighted by atomic mass is 9.78. The SMILES string of the molecule is Cc1ccc(-n2nnnc2SCC(=O)N2CCC[C@H]3CCCC[C@H]32)cc1C. The lowest BCUT2D eigenvalue weighted by molar-refractivity contribution is -0.134. The number of likely N-dealkylation sites (tertiary alicyclic amines) is 1. The quantitative estimate of drug-likeness (QED) is 0.753. The predicted octanol–water partition coefficient (Wildman–Crippen LogP) is 3.55. The number of fused-ring (bicyclic) bond motifs is 1. The molecular weight excluding hydrogens is 358 g/mol. The maximum Gasteiger partial charge on any atom is 0.233 e. The highest BCUT2D eigenvalue weighted by Crippen LogP contribution is 2.35. The van der Waals surface area contributed by atoms with E-state index >= 15 is 0 Å². The Kier molecular flexibility index (Phi) is 5.48. The Bertz CT molecular complexity index is 818. The third-order valence-electron chi connectivity index (χ3n) is 6.06. The van der Waals surface area contributed by atoms with Crippen molar-refractivity contribution >= 4 is 17.7 Å². The first kappa shape index (κ1) is 18.5. The van der Waals surface area contributed by atoms with Crippen LogP contribution >= 0.6 is 11.8 Å². The van der Waals surface area contributed by atoms with E-state index in [0.29, 0.717) is 22.9 Å². The van der Waals surface area contributed by atoms with Crippen LogP contribution in [0.2, 0.25) is 0 Å². The number of amides is 1. The zero-order valence-electron chi connectivity index (χ0n) is 16.1. The maximum atomic E-state index is 12.9. The summed E-state index contributed by atoms with van der Waals surface area (Å²) in [7, 11) is 0. The molecule has 144 valence electrons. The highest BCUT2D eigenvalue weighted by atomic mass is 32.2. The Hall–Kier alpha value is -1.89. The first-order valence-corrected chi connectivity index (χ1v) is 10.9. The summed E-state index contributed by atoms with van der Waals surface area (Å²) in [6.45, 7) is 5.07. The summed E-state index contributed by atoms with van der Waals surface area (Å²) >= 11 is 1.44. The molecule has 0 radical (unpaired) electrons. The number of aromatic nitrogens is 4. The zero-order valence-corrected chi connectivity index (χ0v) is 16.9. The molecule has 1 aliphatic carbocycles. The Balaban J connectivity index is 1.44. The van der Waals surface area contributed by atoms with E-state index in [0.717, 1.165) is 18.7 Å². The summed E-state index contributed by atoms with van der Waals surface area (Å²) in [5.41, 5.74) is 3.37. The van der Waals surface area contributed by atoms with Gasteiger partial charge in [-0.1, -0.05) is 30.7 Å². The van der Waals surface area contributed by atoms with Gasteiger partial charge < -0.3 is 4.90 Å². The van der Waals surface area contributed by atoms with Crippen LogP contribution in [0.3, 0.4) is 0 Å². The molecule has 1 amide bonds. The molecule has 0 unspecified atom stereocenters. The van der Waals surface area contributed by atoms with Crippen LogP contribution in [-0.2, 0) is 4.79 Å². The molecule has 0 spiro atoms. The van der Waals surface area contributed by atoms with Crippen molar-refractivity contribution < 1.29 is 4.79 Å². The number of nitrogens with zero attached hydrogens (tertiary/aromatic N) is 5. The third kappa shape index (κ3) is 3.88. The first-order chi connectivity index (χ1) is 13.1. The minimum absolute atomic E-state index is 0.228. The van der Waals surface area contributed by atoms with E-state index in [2.05, 4.69) is 46.4 Å². The van der Waals surface area contributed by atoms with Crippen molar-refractivity contribution in [2.24, 2.45) is 5.92 Å². The number of tetrazole rings is 1. The number of hydrogen-bond acceptors (Lipinski definition) is 5. The fraction of sp³-hybridized carbons (Fsp3) is 0.600. The fourth-order valence-electron chi connectivity index (χ4n) is 4.43. The number of carbonyl (C=O) groups excluding carboxylic acids is 1. The number of aryl methyl sites for hydroxylation is 2. The van der Waals surface area contributed by atoms with Crippen LogP contribution < -0.4 is 0 Å². The van der Waals surface area contributed by atoms with Crippen LogP contribution in [-0.4, -0.2) is 49.4 Å². The maximum absolute atomic E-state index is 12.9. The van der Waals surface area contributed by atoms with Gasteiger partial charge in [0, 0.05) is 12.6 Å². The molecule has 0 N–H and O–H groups in total. The Morgan fingerprint density at radius 2 is 1.96 bits per heavy atom. The molecule has 4 rings (SSSR count). The fourth-order valence-corrected chi connectivity index (χ4v) is 5.21. The van der Waals surface area contributed by atoms with Gasteiger partial charge in [0.1, 0.15) is 0 Å². The molecule has 2 aliphatic rings. The second-order valence-corrected chi connectivity index (χ2v) is 8.71. The monoisotopic (exact) mass is 385 g/mol. The highest BCUT2D eigenvalue weighted by molar-refractivity contribution is 7.99. The largest absolute Gasteiger partial charge is 0.339 e. The molecule has 1 aromatic heterocycles. The smallest absolute Gasteiger partial charge is 0.233 e. The van der Waals surface area contributed by atoms with Crippen LogP contribution in [0.25, 0.3) is 5.69 Å². The van der Waals surface area contributed by atoms with Crippen molar-refractivity contribution in [1.29, 1.82) is 0 Å². The first-order valence-electron chi connectivity index (χ1n) is 9.92. The van der Waals surface area contributed by atoms with Gasteiger partial charge in [0.25, 0.3) is 0 Å². The summed E-state index contributed by atoms with van der Waals surface area (Å²) in [6.07, 6.45) is 7.45.